The van der Waals surface area contributed by atoms with Gasteiger partial charge in [0.1, 0.15) is 10.4 Å². The minimum atomic E-state index is -5.08. The monoisotopic (exact) mass is 550 g/mol. The lowest BCUT2D eigenvalue weighted by atomic mass is 10.1. The summed E-state index contributed by atoms with van der Waals surface area (Å²) in [7, 11) is 0. The first-order valence-electron chi connectivity index (χ1n) is 11.8. The maximum absolute atomic E-state index is 13.6. The first-order chi connectivity index (χ1) is 18.1. The maximum atomic E-state index is 13.6. The third-order valence-corrected chi connectivity index (χ3v) is 7.18. The van der Waals surface area contributed by atoms with E-state index in [1.54, 1.807) is 15.6 Å². The topological polar surface area (TPSA) is 124 Å². The molecule has 1 saturated heterocycles. The number of aromatic nitrogens is 5. The first kappa shape index (κ1) is 27.3. The molecule has 1 aromatic carbocycles. The van der Waals surface area contributed by atoms with Gasteiger partial charge < -0.3 is 10.4 Å². The van der Waals surface area contributed by atoms with E-state index in [1.807, 2.05) is 43.3 Å². The Kier molecular flexibility index (Phi) is 8.11. The average molecular weight is 551 g/mol. The van der Waals surface area contributed by atoms with Gasteiger partial charge in [0.05, 0.1) is 24.8 Å². The lowest BCUT2D eigenvalue weighted by Gasteiger charge is -2.24. The van der Waals surface area contributed by atoms with Gasteiger partial charge in [0.2, 0.25) is 0 Å². The van der Waals surface area contributed by atoms with Gasteiger partial charge in [-0.15, -0.1) is 11.3 Å². The number of fused-ring (bicyclic) bond motifs is 1. The zero-order valence-corrected chi connectivity index (χ0v) is 21.1. The van der Waals surface area contributed by atoms with Gasteiger partial charge in [0, 0.05) is 10.9 Å². The minimum absolute atomic E-state index is 0.0921. The molecule has 1 aliphatic heterocycles. The van der Waals surface area contributed by atoms with Crippen LogP contribution in [0.1, 0.15) is 31.5 Å². The normalized spacial score (nSPS) is 14.3. The highest BCUT2D eigenvalue weighted by atomic mass is 32.1. The number of nitrogens with zero attached hydrogens (tertiary/aromatic N) is 5. The van der Waals surface area contributed by atoms with Gasteiger partial charge in [-0.2, -0.15) is 28.2 Å². The van der Waals surface area contributed by atoms with E-state index in [9.17, 15) is 22.8 Å². The summed E-state index contributed by atoms with van der Waals surface area (Å²) in [6.07, 6.45) is -1.86. The van der Waals surface area contributed by atoms with Crippen LogP contribution >= 0.6 is 11.3 Å². The second-order valence-electron chi connectivity index (χ2n) is 8.54. The molecular formula is C24H25F3N6O4S. The van der Waals surface area contributed by atoms with Crippen LogP contribution in [0.5, 0.6) is 0 Å². The molecule has 5 rings (SSSR count). The smallest absolute Gasteiger partial charge is 0.475 e. The molecular weight excluding hydrogens is 525 g/mol. The highest BCUT2D eigenvalue weighted by Gasteiger charge is 2.38. The number of aryl methyl sites for hydroxylation is 1. The number of thiophene rings is 1. The fraction of sp³-hybridized carbons (Fsp3) is 0.375. The number of hydrogen-bond donors (Lipinski definition) is 2. The molecule has 1 aliphatic rings. The summed E-state index contributed by atoms with van der Waals surface area (Å²) in [5.41, 5.74) is 1.94. The SMILES string of the molecule is CCn1ncc(Cn2c(=O)n(C3CCNCC3)c(=O)c3sc(-c4ccccc4)cc32)n1.O=C(O)C(F)(F)F. The van der Waals surface area contributed by atoms with Crippen molar-refractivity contribution in [1.82, 2.24) is 29.4 Å². The van der Waals surface area contributed by atoms with Crippen LogP contribution in [-0.2, 0) is 17.9 Å². The van der Waals surface area contributed by atoms with E-state index in [2.05, 4.69) is 15.5 Å². The number of carbonyl (C=O) groups is 1. The van der Waals surface area contributed by atoms with E-state index in [0.717, 1.165) is 36.4 Å². The minimum Gasteiger partial charge on any atom is -0.475 e. The van der Waals surface area contributed by atoms with Gasteiger partial charge in [-0.1, -0.05) is 30.3 Å². The zero-order chi connectivity index (χ0) is 27.4. The molecule has 4 aromatic rings. The number of nitrogens with one attached hydrogen (secondary N) is 1. The highest BCUT2D eigenvalue weighted by Crippen LogP contribution is 2.32. The van der Waals surface area contributed by atoms with Gasteiger partial charge in [0.25, 0.3) is 5.56 Å². The van der Waals surface area contributed by atoms with Crippen LogP contribution in [0.15, 0.2) is 52.2 Å². The summed E-state index contributed by atoms with van der Waals surface area (Å²) in [5.74, 6) is -2.76. The molecule has 1 fully saturated rings. The van der Waals surface area contributed by atoms with E-state index in [1.165, 1.54) is 15.9 Å². The Bertz CT molecular complexity index is 1530. The second-order valence-corrected chi connectivity index (χ2v) is 9.60. The Balaban J connectivity index is 0.000000426. The summed E-state index contributed by atoms with van der Waals surface area (Å²) in [5, 5.41) is 19.1. The largest absolute Gasteiger partial charge is 0.490 e. The van der Waals surface area contributed by atoms with Gasteiger partial charge in [0.15, 0.2) is 0 Å². The number of alkyl halides is 3. The molecule has 0 radical (unpaired) electrons. The molecule has 0 aliphatic carbocycles. The Morgan fingerprint density at radius 1 is 1.18 bits per heavy atom. The van der Waals surface area contributed by atoms with Crippen molar-refractivity contribution in [2.75, 3.05) is 13.1 Å². The summed E-state index contributed by atoms with van der Waals surface area (Å²) in [4.78, 5) is 38.5. The fourth-order valence-electron chi connectivity index (χ4n) is 4.17. The van der Waals surface area contributed by atoms with Gasteiger partial charge in [-0.05, 0) is 44.5 Å². The molecule has 14 heteroatoms. The number of carboxylic acid groups (broad SMARTS) is 1. The molecule has 0 amide bonds. The molecule has 0 saturated carbocycles. The number of benzene rings is 1. The lowest BCUT2D eigenvalue weighted by Crippen LogP contribution is -2.45. The van der Waals surface area contributed by atoms with Crippen LogP contribution in [0.4, 0.5) is 13.2 Å². The van der Waals surface area contributed by atoms with Crippen molar-refractivity contribution in [3.05, 3.63) is 69.1 Å². The Morgan fingerprint density at radius 2 is 1.84 bits per heavy atom. The third kappa shape index (κ3) is 5.86. The Labute approximate surface area is 217 Å². The van der Waals surface area contributed by atoms with Crippen LogP contribution in [-0.4, -0.2) is 54.5 Å². The van der Waals surface area contributed by atoms with Crippen LogP contribution < -0.4 is 16.6 Å². The lowest BCUT2D eigenvalue weighted by molar-refractivity contribution is -0.192. The number of piperidine rings is 1. The molecule has 0 atom stereocenters. The highest BCUT2D eigenvalue weighted by molar-refractivity contribution is 7.22. The van der Waals surface area contributed by atoms with Crippen molar-refractivity contribution < 1.29 is 23.1 Å². The number of carboxylic acids is 1. The number of aliphatic carboxylic acids is 1. The van der Waals surface area contributed by atoms with Crippen LogP contribution in [0, 0.1) is 0 Å². The van der Waals surface area contributed by atoms with E-state index in [4.69, 9.17) is 9.90 Å². The van der Waals surface area contributed by atoms with Gasteiger partial charge in [-0.25, -0.2) is 9.59 Å². The number of halogens is 3. The van der Waals surface area contributed by atoms with Crippen molar-refractivity contribution >= 4 is 27.5 Å². The molecule has 202 valence electrons. The molecule has 3 aromatic heterocycles. The Hall–Kier alpha value is -3.78. The fourth-order valence-corrected chi connectivity index (χ4v) is 5.27. The van der Waals surface area contributed by atoms with Crippen molar-refractivity contribution in [3.63, 3.8) is 0 Å². The van der Waals surface area contributed by atoms with Crippen LogP contribution in [0.3, 0.4) is 0 Å². The van der Waals surface area contributed by atoms with Crippen LogP contribution in [0.25, 0.3) is 20.7 Å². The summed E-state index contributed by atoms with van der Waals surface area (Å²) in [6, 6.07) is 11.8. The van der Waals surface area contributed by atoms with Crippen molar-refractivity contribution in [1.29, 1.82) is 0 Å². The molecule has 2 N–H and O–H groups in total. The van der Waals surface area contributed by atoms with Crippen molar-refractivity contribution in [2.24, 2.45) is 0 Å². The maximum Gasteiger partial charge on any atom is 0.490 e. The van der Waals surface area contributed by atoms with Gasteiger partial charge >= 0.3 is 17.8 Å². The van der Waals surface area contributed by atoms with E-state index in [-0.39, 0.29) is 23.8 Å². The standard InChI is InChI=1S/C22H24N6O2S.C2HF3O2/c1-2-27-24-13-16(25-27)14-26-18-12-19(15-6-4-3-5-7-15)31-20(18)21(29)28(22(26)30)17-8-10-23-11-9-17;3-2(4,5)1(6)7/h3-7,12-13,17,23H,2,8-11,14H2,1H3;(H,6,7). The molecule has 0 bridgehead atoms. The molecule has 38 heavy (non-hydrogen) atoms. The Morgan fingerprint density at radius 3 is 2.42 bits per heavy atom. The number of rotatable bonds is 5. The van der Waals surface area contributed by atoms with E-state index >= 15 is 0 Å². The molecule has 10 nitrogen and oxygen atoms in total. The summed E-state index contributed by atoms with van der Waals surface area (Å²) < 4.78 is 35.5. The summed E-state index contributed by atoms with van der Waals surface area (Å²) in [6.45, 7) is 4.52. The third-order valence-electron chi connectivity index (χ3n) is 6.01. The molecule has 0 spiro atoms. The van der Waals surface area contributed by atoms with E-state index in [0.29, 0.717) is 22.5 Å². The summed E-state index contributed by atoms with van der Waals surface area (Å²) >= 11 is 1.45. The van der Waals surface area contributed by atoms with Gasteiger partial charge in [-0.3, -0.25) is 13.9 Å². The average Bonchev–Trinajstić information content (AvgIpc) is 3.55. The predicted molar refractivity (Wildman–Crippen MR) is 135 cm³/mol. The zero-order valence-electron chi connectivity index (χ0n) is 20.3. The quantitative estimate of drug-likeness (QED) is 0.391. The van der Waals surface area contributed by atoms with Crippen molar-refractivity contribution in [3.8, 4) is 10.4 Å². The van der Waals surface area contributed by atoms with E-state index < -0.39 is 12.1 Å². The van der Waals surface area contributed by atoms with Crippen molar-refractivity contribution in [2.45, 2.75) is 45.1 Å². The first-order valence-corrected chi connectivity index (χ1v) is 12.7. The molecule has 0 unspecified atom stereocenters. The van der Waals surface area contributed by atoms with Crippen LogP contribution in [0.2, 0.25) is 0 Å². The predicted octanol–water partition coefficient (Wildman–Crippen LogP) is 3.11. The number of hydrogen-bond acceptors (Lipinski definition) is 7. The second kappa shape index (κ2) is 11.3. The molecule has 4 heterocycles.